The van der Waals surface area contributed by atoms with Crippen molar-refractivity contribution in [2.24, 2.45) is 0 Å². The number of aliphatic hydroxyl groups excluding tert-OH is 1. The summed E-state index contributed by atoms with van der Waals surface area (Å²) in [6.45, 7) is 8.10. The molecular formula is C28H27FN2O3. The molecule has 0 bridgehead atoms. The first kappa shape index (κ1) is 23.4. The minimum Gasteiger partial charge on any atom is -0.507 e. The Bertz CT molecular complexity index is 1280. The summed E-state index contributed by atoms with van der Waals surface area (Å²) in [7, 11) is 0. The number of benzene rings is 2. The molecule has 0 aliphatic carbocycles. The molecule has 1 aliphatic rings. The van der Waals surface area contributed by atoms with E-state index in [4.69, 9.17) is 0 Å². The molecule has 0 radical (unpaired) electrons. The van der Waals surface area contributed by atoms with Gasteiger partial charge in [0.15, 0.2) is 0 Å². The van der Waals surface area contributed by atoms with Crippen molar-refractivity contribution in [3.8, 4) is 0 Å². The van der Waals surface area contributed by atoms with Crippen LogP contribution in [-0.4, -0.2) is 26.7 Å². The second kappa shape index (κ2) is 8.86. The van der Waals surface area contributed by atoms with Crippen molar-refractivity contribution in [2.45, 2.75) is 45.7 Å². The molecule has 6 heteroatoms. The van der Waals surface area contributed by atoms with Gasteiger partial charge in [-0.2, -0.15) is 0 Å². The number of aryl methyl sites for hydroxylation is 1. The molecule has 1 aliphatic heterocycles. The Morgan fingerprint density at radius 1 is 1.06 bits per heavy atom. The largest absolute Gasteiger partial charge is 0.507 e. The van der Waals surface area contributed by atoms with Gasteiger partial charge in [0.2, 0.25) is 0 Å². The lowest BCUT2D eigenvalue weighted by atomic mass is 9.84. The summed E-state index contributed by atoms with van der Waals surface area (Å²) in [6.07, 6.45) is 1.61. The highest BCUT2D eigenvalue weighted by molar-refractivity contribution is 6.46. The Morgan fingerprint density at radius 3 is 2.38 bits per heavy atom. The molecule has 5 nitrogen and oxygen atoms in total. The molecule has 3 aromatic rings. The summed E-state index contributed by atoms with van der Waals surface area (Å²) >= 11 is 0. The van der Waals surface area contributed by atoms with Crippen LogP contribution in [0.5, 0.6) is 0 Å². The number of ketones is 1. The van der Waals surface area contributed by atoms with E-state index in [9.17, 15) is 19.1 Å². The first-order valence-electron chi connectivity index (χ1n) is 11.1. The van der Waals surface area contributed by atoms with Gasteiger partial charge in [-0.1, -0.05) is 51.1 Å². The van der Waals surface area contributed by atoms with Gasteiger partial charge in [-0.15, -0.1) is 0 Å². The number of rotatable bonds is 4. The van der Waals surface area contributed by atoms with Crippen molar-refractivity contribution >= 4 is 17.4 Å². The van der Waals surface area contributed by atoms with E-state index in [0.29, 0.717) is 16.8 Å². The van der Waals surface area contributed by atoms with Crippen molar-refractivity contribution in [3.63, 3.8) is 0 Å². The lowest BCUT2D eigenvalue weighted by molar-refractivity contribution is -0.140. The molecule has 2 heterocycles. The summed E-state index contributed by atoms with van der Waals surface area (Å²) in [5, 5.41) is 11.4. The number of carbonyl (C=O) groups excluding carboxylic acids is 2. The monoisotopic (exact) mass is 458 g/mol. The van der Waals surface area contributed by atoms with Crippen LogP contribution >= 0.6 is 0 Å². The van der Waals surface area contributed by atoms with E-state index in [-0.39, 0.29) is 23.3 Å². The van der Waals surface area contributed by atoms with E-state index in [0.717, 1.165) is 11.1 Å². The number of amides is 1. The minimum atomic E-state index is -0.875. The molecule has 1 aromatic heterocycles. The van der Waals surface area contributed by atoms with Crippen LogP contribution in [0.4, 0.5) is 4.39 Å². The Labute approximate surface area is 198 Å². The third kappa shape index (κ3) is 4.36. The van der Waals surface area contributed by atoms with Gasteiger partial charge < -0.3 is 10.0 Å². The molecular weight excluding hydrogens is 431 g/mol. The number of nitrogens with zero attached hydrogens (tertiary/aromatic N) is 2. The van der Waals surface area contributed by atoms with Crippen LogP contribution in [0.15, 0.2) is 72.4 Å². The first-order valence-corrected chi connectivity index (χ1v) is 11.1. The number of pyridine rings is 1. The summed E-state index contributed by atoms with van der Waals surface area (Å²) in [5.74, 6) is -2.17. The van der Waals surface area contributed by atoms with Gasteiger partial charge in [-0.05, 0) is 59.4 Å². The van der Waals surface area contributed by atoms with E-state index in [1.807, 2.05) is 25.1 Å². The number of halogens is 1. The van der Waals surface area contributed by atoms with Crippen molar-refractivity contribution in [1.29, 1.82) is 0 Å². The molecule has 0 spiro atoms. The van der Waals surface area contributed by atoms with Crippen LogP contribution in [0.25, 0.3) is 5.76 Å². The zero-order valence-corrected chi connectivity index (χ0v) is 19.7. The highest BCUT2D eigenvalue weighted by atomic mass is 19.1. The normalized spacial score (nSPS) is 17.9. The first-order chi connectivity index (χ1) is 16.1. The predicted octanol–water partition coefficient (Wildman–Crippen LogP) is 5.45. The Balaban J connectivity index is 1.91. The van der Waals surface area contributed by atoms with Crippen molar-refractivity contribution in [1.82, 2.24) is 9.88 Å². The number of likely N-dealkylation sites (tertiary alicyclic amines) is 1. The fraction of sp³-hybridized carbons (Fsp3) is 0.250. The average molecular weight is 459 g/mol. The number of Topliss-reactive ketones (excluding diaryl/α,β-unsaturated/α-hetero) is 1. The van der Waals surface area contributed by atoms with Gasteiger partial charge in [-0.25, -0.2) is 4.39 Å². The predicted molar refractivity (Wildman–Crippen MR) is 128 cm³/mol. The van der Waals surface area contributed by atoms with E-state index in [1.165, 1.54) is 29.2 Å². The Hall–Kier alpha value is -3.80. The second-order valence-corrected chi connectivity index (χ2v) is 9.58. The number of aliphatic hydroxyl groups is 1. The van der Waals surface area contributed by atoms with E-state index in [2.05, 4.69) is 25.8 Å². The molecule has 4 rings (SSSR count). The van der Waals surface area contributed by atoms with Crippen molar-refractivity contribution < 1.29 is 19.1 Å². The summed E-state index contributed by atoms with van der Waals surface area (Å²) in [6, 6.07) is 15.8. The second-order valence-electron chi connectivity index (χ2n) is 9.58. The fourth-order valence-corrected chi connectivity index (χ4v) is 4.19. The number of hydrogen-bond acceptors (Lipinski definition) is 4. The van der Waals surface area contributed by atoms with E-state index < -0.39 is 23.5 Å². The lowest BCUT2D eigenvalue weighted by Gasteiger charge is -2.25. The van der Waals surface area contributed by atoms with E-state index >= 15 is 0 Å². The molecule has 0 saturated carbocycles. The molecule has 1 fully saturated rings. The molecule has 174 valence electrons. The number of hydrogen-bond donors (Lipinski definition) is 1. The maximum atomic E-state index is 13.7. The van der Waals surface area contributed by atoms with Crippen molar-refractivity contribution in [3.05, 3.63) is 106 Å². The third-order valence-electron chi connectivity index (χ3n) is 6.14. The molecule has 34 heavy (non-hydrogen) atoms. The number of aromatic nitrogens is 1. The molecule has 1 N–H and O–H groups in total. The highest BCUT2D eigenvalue weighted by Gasteiger charge is 2.46. The van der Waals surface area contributed by atoms with Crippen LogP contribution in [0.3, 0.4) is 0 Å². The van der Waals surface area contributed by atoms with Gasteiger partial charge in [0.1, 0.15) is 11.6 Å². The Kier molecular flexibility index (Phi) is 6.09. The molecule has 1 atom stereocenters. The summed E-state index contributed by atoms with van der Waals surface area (Å²) < 4.78 is 13.7. The molecule has 1 unspecified atom stereocenters. The van der Waals surface area contributed by atoms with Crippen LogP contribution in [0.1, 0.15) is 54.8 Å². The topological polar surface area (TPSA) is 70.5 Å². The van der Waals surface area contributed by atoms with Crippen LogP contribution in [0, 0.1) is 12.7 Å². The maximum Gasteiger partial charge on any atom is 0.296 e. The fourth-order valence-electron chi connectivity index (χ4n) is 4.19. The van der Waals surface area contributed by atoms with Gasteiger partial charge in [0, 0.05) is 11.8 Å². The van der Waals surface area contributed by atoms with Crippen LogP contribution < -0.4 is 0 Å². The maximum absolute atomic E-state index is 13.7. The number of carbonyl (C=O) groups is 2. The van der Waals surface area contributed by atoms with Gasteiger partial charge in [0.05, 0.1) is 23.9 Å². The van der Waals surface area contributed by atoms with Gasteiger partial charge in [-0.3, -0.25) is 14.6 Å². The summed E-state index contributed by atoms with van der Waals surface area (Å²) in [4.78, 5) is 32.1. The average Bonchev–Trinajstić information content (AvgIpc) is 3.04. The standard InChI is InChI=1S/C28H27FN2O3/c1-17-8-11-19(28(2,3)4)15-22(17)25(32)23-24(18-9-12-20(29)13-10-18)31(27(34)26(23)33)16-21-7-5-6-14-30-21/h5-15,24,32H,16H2,1-4H3/b25-23+. The molecule has 1 amide bonds. The van der Waals surface area contributed by atoms with Gasteiger partial charge in [0.25, 0.3) is 11.7 Å². The SMILES string of the molecule is Cc1ccc(C(C)(C)C)cc1/C(O)=C1\C(=O)C(=O)N(Cc2ccccn2)C1c1ccc(F)cc1. The van der Waals surface area contributed by atoms with E-state index in [1.54, 1.807) is 24.4 Å². The minimum absolute atomic E-state index is 0.0123. The zero-order valence-electron chi connectivity index (χ0n) is 19.7. The molecule has 2 aromatic carbocycles. The quantitative estimate of drug-likeness (QED) is 0.321. The molecule has 1 saturated heterocycles. The van der Waals surface area contributed by atoms with Gasteiger partial charge >= 0.3 is 0 Å². The lowest BCUT2D eigenvalue weighted by Crippen LogP contribution is -2.29. The highest BCUT2D eigenvalue weighted by Crippen LogP contribution is 2.41. The zero-order chi connectivity index (χ0) is 24.6. The van der Waals surface area contributed by atoms with Crippen LogP contribution in [-0.2, 0) is 21.5 Å². The summed E-state index contributed by atoms with van der Waals surface area (Å²) in [5.41, 5.74) is 3.20. The smallest absolute Gasteiger partial charge is 0.296 e. The van der Waals surface area contributed by atoms with Crippen molar-refractivity contribution in [2.75, 3.05) is 0 Å². The third-order valence-corrected chi connectivity index (χ3v) is 6.14. The Morgan fingerprint density at radius 2 is 1.76 bits per heavy atom. The van der Waals surface area contributed by atoms with Crippen LogP contribution in [0.2, 0.25) is 0 Å².